The van der Waals surface area contributed by atoms with Crippen LogP contribution in [0.25, 0.3) is 22.4 Å². The van der Waals surface area contributed by atoms with E-state index >= 15 is 0 Å². The van der Waals surface area contributed by atoms with E-state index in [1.165, 1.54) is 10.9 Å². The Balaban J connectivity index is 1.45. The molecule has 4 aromatic rings. The smallest absolute Gasteiger partial charge is 0.283 e. The first-order valence-electron chi connectivity index (χ1n) is 10.0. The van der Waals surface area contributed by atoms with Gasteiger partial charge < -0.3 is 4.98 Å². The summed E-state index contributed by atoms with van der Waals surface area (Å²) < 4.78 is 0. The Morgan fingerprint density at radius 1 is 1.16 bits per heavy atom. The fraction of sp³-hybridized carbons (Fsp3) is 0.182. The van der Waals surface area contributed by atoms with Gasteiger partial charge in [0.1, 0.15) is 10.7 Å². The minimum atomic E-state index is -0.426. The van der Waals surface area contributed by atoms with Crippen LogP contribution in [0.2, 0.25) is 0 Å². The van der Waals surface area contributed by atoms with Crippen molar-refractivity contribution < 1.29 is 4.92 Å². The van der Waals surface area contributed by atoms with Crippen LogP contribution in [0, 0.1) is 10.1 Å². The topological polar surface area (TPSA) is 115 Å². The van der Waals surface area contributed by atoms with Gasteiger partial charge in [0.05, 0.1) is 15.2 Å². The number of thiophene rings is 1. The van der Waals surface area contributed by atoms with Crippen LogP contribution in [0.3, 0.4) is 0 Å². The van der Waals surface area contributed by atoms with Crippen molar-refractivity contribution in [3.8, 4) is 0 Å². The first-order chi connectivity index (χ1) is 15.6. The molecule has 0 radical (unpaired) electrons. The number of nitro groups is 1. The normalized spacial score (nSPS) is 13.5. The molecule has 3 heterocycles. The summed E-state index contributed by atoms with van der Waals surface area (Å²) >= 11 is 2.73. The molecular formula is C22H17N5O3S2. The third kappa shape index (κ3) is 4.06. The number of fused-ring (bicyclic) bond motifs is 3. The Kier molecular flexibility index (Phi) is 5.54. The van der Waals surface area contributed by atoms with E-state index in [2.05, 4.69) is 19.9 Å². The van der Waals surface area contributed by atoms with E-state index in [1.54, 1.807) is 54.1 Å². The minimum absolute atomic E-state index is 0.0348. The molecule has 8 nitrogen and oxygen atoms in total. The molecule has 1 aliphatic rings. The van der Waals surface area contributed by atoms with Gasteiger partial charge in [-0.05, 0) is 66.8 Å². The maximum absolute atomic E-state index is 12.7. The highest BCUT2D eigenvalue weighted by atomic mass is 32.2. The SMILES string of the molecule is O=c1[nH]c(C=Cc2ccc(Sc3ncccn3)c([N+](=O)[O-])c2)nc2sc3c(c12)CCCC3. The molecule has 1 aromatic carbocycles. The molecule has 0 amide bonds. The zero-order chi connectivity index (χ0) is 22.1. The third-order valence-corrected chi connectivity index (χ3v) is 7.34. The van der Waals surface area contributed by atoms with Crippen LogP contribution in [-0.4, -0.2) is 24.9 Å². The van der Waals surface area contributed by atoms with Crippen LogP contribution in [0.15, 0.2) is 51.5 Å². The standard InChI is InChI=1S/C22H17N5O3S2/c28-20-19-14-4-1-2-5-16(14)31-21(19)26-18(25-20)9-7-13-6-8-17(15(12-13)27(29)30)32-22-23-10-3-11-24-22/h3,6-12H,1-2,4-5H2,(H,25,26,28). The van der Waals surface area contributed by atoms with E-state index < -0.39 is 4.92 Å². The fourth-order valence-corrected chi connectivity index (χ4v) is 5.81. The number of rotatable bonds is 5. The van der Waals surface area contributed by atoms with Crippen LogP contribution in [0.5, 0.6) is 0 Å². The second-order valence-corrected chi connectivity index (χ2v) is 9.39. The maximum atomic E-state index is 12.7. The number of hydrogen-bond donors (Lipinski definition) is 1. The van der Waals surface area contributed by atoms with E-state index in [9.17, 15) is 14.9 Å². The van der Waals surface area contributed by atoms with Crippen LogP contribution in [0.1, 0.15) is 34.7 Å². The van der Waals surface area contributed by atoms with Crippen molar-refractivity contribution in [3.05, 3.63) is 79.0 Å². The van der Waals surface area contributed by atoms with Gasteiger partial charge in [-0.1, -0.05) is 12.1 Å². The molecule has 1 N–H and O–H groups in total. The zero-order valence-corrected chi connectivity index (χ0v) is 18.4. The number of aromatic amines is 1. The van der Waals surface area contributed by atoms with Gasteiger partial charge in [-0.25, -0.2) is 15.0 Å². The minimum Gasteiger partial charge on any atom is -0.306 e. The van der Waals surface area contributed by atoms with Gasteiger partial charge in [-0.15, -0.1) is 11.3 Å². The Morgan fingerprint density at radius 3 is 2.78 bits per heavy atom. The predicted molar refractivity (Wildman–Crippen MR) is 125 cm³/mol. The average Bonchev–Trinajstić information content (AvgIpc) is 3.18. The highest BCUT2D eigenvalue weighted by Gasteiger charge is 2.20. The molecule has 3 aromatic heterocycles. The average molecular weight is 464 g/mol. The Hall–Kier alpha value is -3.37. The zero-order valence-electron chi connectivity index (χ0n) is 16.8. The molecule has 0 bridgehead atoms. The first kappa shape index (κ1) is 20.5. The monoisotopic (exact) mass is 463 g/mol. The number of aryl methyl sites for hydroxylation is 2. The van der Waals surface area contributed by atoms with Gasteiger partial charge in [0.15, 0.2) is 5.16 Å². The van der Waals surface area contributed by atoms with Crippen molar-refractivity contribution in [2.24, 2.45) is 0 Å². The number of nitrogens with one attached hydrogen (secondary N) is 1. The Bertz CT molecular complexity index is 1410. The molecule has 0 fully saturated rings. The molecule has 32 heavy (non-hydrogen) atoms. The summed E-state index contributed by atoms with van der Waals surface area (Å²) in [4.78, 5) is 42.0. The van der Waals surface area contributed by atoms with E-state index in [0.29, 0.717) is 26.8 Å². The van der Waals surface area contributed by atoms with E-state index in [0.717, 1.165) is 47.8 Å². The lowest BCUT2D eigenvalue weighted by Crippen LogP contribution is -2.11. The molecule has 10 heteroatoms. The summed E-state index contributed by atoms with van der Waals surface area (Å²) in [6.45, 7) is 0. The van der Waals surface area contributed by atoms with Crippen LogP contribution in [-0.2, 0) is 12.8 Å². The van der Waals surface area contributed by atoms with Gasteiger partial charge in [0, 0.05) is 23.3 Å². The van der Waals surface area contributed by atoms with E-state index in [-0.39, 0.29) is 11.2 Å². The molecule has 160 valence electrons. The number of benzene rings is 1. The second-order valence-electron chi connectivity index (χ2n) is 7.29. The highest BCUT2D eigenvalue weighted by molar-refractivity contribution is 7.99. The molecule has 5 rings (SSSR count). The molecule has 0 aliphatic heterocycles. The Labute approximate surface area is 190 Å². The summed E-state index contributed by atoms with van der Waals surface area (Å²) in [6.07, 6.45) is 10.7. The van der Waals surface area contributed by atoms with E-state index in [1.807, 2.05) is 0 Å². The number of aromatic nitrogens is 4. The van der Waals surface area contributed by atoms with E-state index in [4.69, 9.17) is 0 Å². The largest absolute Gasteiger partial charge is 0.306 e. The van der Waals surface area contributed by atoms with Crippen molar-refractivity contribution in [3.63, 3.8) is 0 Å². The number of nitro benzene ring substituents is 1. The molecule has 0 saturated heterocycles. The number of hydrogen-bond acceptors (Lipinski definition) is 8. The van der Waals surface area contributed by atoms with Gasteiger partial charge >= 0.3 is 0 Å². The summed E-state index contributed by atoms with van der Waals surface area (Å²) in [7, 11) is 0. The molecule has 0 unspecified atom stereocenters. The molecule has 0 saturated carbocycles. The fourth-order valence-electron chi connectivity index (χ4n) is 3.74. The lowest BCUT2D eigenvalue weighted by molar-refractivity contribution is -0.387. The summed E-state index contributed by atoms with van der Waals surface area (Å²) in [5.41, 5.74) is 1.61. The number of H-pyrrole nitrogens is 1. The summed E-state index contributed by atoms with van der Waals surface area (Å²) in [5.74, 6) is 0.430. The van der Waals surface area contributed by atoms with Crippen molar-refractivity contribution in [2.45, 2.75) is 35.7 Å². The molecule has 0 atom stereocenters. The summed E-state index contributed by atoms with van der Waals surface area (Å²) in [6, 6.07) is 6.62. The molecule has 0 spiro atoms. The van der Waals surface area contributed by atoms with Gasteiger partial charge in [-0.3, -0.25) is 14.9 Å². The van der Waals surface area contributed by atoms with Crippen molar-refractivity contribution in [1.82, 2.24) is 19.9 Å². The van der Waals surface area contributed by atoms with Crippen molar-refractivity contribution in [1.29, 1.82) is 0 Å². The highest BCUT2D eigenvalue weighted by Crippen LogP contribution is 2.35. The quantitative estimate of drug-likeness (QED) is 0.255. The van der Waals surface area contributed by atoms with Crippen LogP contribution >= 0.6 is 23.1 Å². The molecule has 1 aliphatic carbocycles. The molecular weight excluding hydrogens is 446 g/mol. The third-order valence-electron chi connectivity index (χ3n) is 5.20. The van der Waals surface area contributed by atoms with Crippen molar-refractivity contribution in [2.75, 3.05) is 0 Å². The summed E-state index contributed by atoms with van der Waals surface area (Å²) in [5, 5.41) is 12.7. The maximum Gasteiger partial charge on any atom is 0.283 e. The number of nitrogens with zero attached hydrogens (tertiary/aromatic N) is 4. The van der Waals surface area contributed by atoms with Gasteiger partial charge in [-0.2, -0.15) is 0 Å². The van der Waals surface area contributed by atoms with Gasteiger partial charge in [0.25, 0.3) is 11.2 Å². The van der Waals surface area contributed by atoms with Crippen molar-refractivity contribution >= 4 is 51.2 Å². The van der Waals surface area contributed by atoms with Crippen LogP contribution < -0.4 is 5.56 Å². The lowest BCUT2D eigenvalue weighted by Gasteiger charge is -2.09. The van der Waals surface area contributed by atoms with Crippen LogP contribution in [0.4, 0.5) is 5.69 Å². The first-order valence-corrected chi connectivity index (χ1v) is 11.7. The Morgan fingerprint density at radius 2 is 1.97 bits per heavy atom. The lowest BCUT2D eigenvalue weighted by atomic mass is 9.97. The second kappa shape index (κ2) is 8.64. The van der Waals surface area contributed by atoms with Gasteiger partial charge in [0.2, 0.25) is 0 Å². The predicted octanol–water partition coefficient (Wildman–Crippen LogP) is 4.88.